The van der Waals surface area contributed by atoms with E-state index < -0.39 is 48.0 Å². The molecule has 1 aliphatic heterocycles. The number of hydrogen-bond acceptors (Lipinski definition) is 9. The summed E-state index contributed by atoms with van der Waals surface area (Å²) in [6.07, 6.45) is -8.62. The number of pyridine rings is 1. The zero-order valence-electron chi connectivity index (χ0n) is 26.8. The van der Waals surface area contributed by atoms with Crippen molar-refractivity contribution >= 4 is 23.7 Å². The standard InChI is InChI=1S/C32H35F6N5O6/c1-4-21-16-23(28-24(9-10-26(42-28)47-3)43(21)30(46)48-5-2)41-29-39-17-25(49-11-7-6-8-27(44)45)22(40-29)14-18-12-19(31(33,34)35)15-20(13-18)32(36,37)38/h9-10,12-13,15,17,21,23H,4-8,11,14,16H2,1-3H3,(H,44,45)(H,39,40,41)/t21-,23+/m1/s1. The van der Waals surface area contributed by atoms with Crippen molar-refractivity contribution in [2.75, 3.05) is 30.5 Å². The van der Waals surface area contributed by atoms with Crippen molar-refractivity contribution in [1.82, 2.24) is 15.0 Å². The topological polar surface area (TPSA) is 136 Å². The number of alkyl halides is 6. The fourth-order valence-corrected chi connectivity index (χ4v) is 5.38. The van der Waals surface area contributed by atoms with Gasteiger partial charge in [0.1, 0.15) is 0 Å². The number of aromatic nitrogens is 3. The summed E-state index contributed by atoms with van der Waals surface area (Å²) in [7, 11) is 1.42. The number of benzene rings is 1. The van der Waals surface area contributed by atoms with Crippen molar-refractivity contribution in [3.8, 4) is 11.6 Å². The Morgan fingerprint density at radius 1 is 1.02 bits per heavy atom. The first-order chi connectivity index (χ1) is 23.1. The second-order valence-corrected chi connectivity index (χ2v) is 11.1. The molecule has 11 nitrogen and oxygen atoms in total. The predicted molar refractivity (Wildman–Crippen MR) is 164 cm³/mol. The van der Waals surface area contributed by atoms with E-state index in [9.17, 15) is 35.9 Å². The van der Waals surface area contributed by atoms with Crippen molar-refractivity contribution < 1.29 is 55.2 Å². The molecule has 2 N–H and O–H groups in total. The molecule has 0 spiro atoms. The van der Waals surface area contributed by atoms with Crippen LogP contribution < -0.4 is 19.7 Å². The van der Waals surface area contributed by atoms with Crippen LogP contribution in [0.2, 0.25) is 0 Å². The number of methoxy groups -OCH3 is 1. The summed E-state index contributed by atoms with van der Waals surface area (Å²) < 4.78 is 98.0. The van der Waals surface area contributed by atoms with Gasteiger partial charge in [-0.15, -0.1) is 0 Å². The average Bonchev–Trinajstić information content (AvgIpc) is 3.04. The first-order valence-corrected chi connectivity index (χ1v) is 15.4. The summed E-state index contributed by atoms with van der Waals surface area (Å²) >= 11 is 0. The minimum absolute atomic E-state index is 0.00407. The quantitative estimate of drug-likeness (QED) is 0.137. The Bertz CT molecular complexity index is 1600. The zero-order valence-corrected chi connectivity index (χ0v) is 26.8. The van der Waals surface area contributed by atoms with E-state index in [1.54, 1.807) is 19.1 Å². The average molecular weight is 700 g/mol. The third kappa shape index (κ3) is 9.41. The fourth-order valence-electron chi connectivity index (χ4n) is 5.38. The highest BCUT2D eigenvalue weighted by molar-refractivity contribution is 5.90. The molecule has 1 amide bonds. The van der Waals surface area contributed by atoms with E-state index in [-0.39, 0.29) is 67.0 Å². The molecule has 0 fully saturated rings. The molecule has 2 atom stereocenters. The van der Waals surface area contributed by atoms with Crippen molar-refractivity contribution in [3.05, 3.63) is 64.6 Å². The molecule has 3 heterocycles. The number of amides is 1. The molecule has 0 saturated carbocycles. The Hall–Kier alpha value is -4.83. The number of unbranched alkanes of at least 4 members (excludes halogenated alkanes) is 1. The fraction of sp³-hybridized carbons (Fsp3) is 0.469. The molecule has 0 bridgehead atoms. The Morgan fingerprint density at radius 2 is 1.71 bits per heavy atom. The van der Waals surface area contributed by atoms with Crippen molar-refractivity contribution in [1.29, 1.82) is 0 Å². The number of aliphatic carboxylic acids is 1. The van der Waals surface area contributed by atoms with Crippen LogP contribution >= 0.6 is 0 Å². The van der Waals surface area contributed by atoms with Gasteiger partial charge < -0.3 is 24.6 Å². The number of carbonyl (C=O) groups excluding carboxylic acids is 1. The van der Waals surface area contributed by atoms with Gasteiger partial charge in [-0.05, 0) is 62.4 Å². The van der Waals surface area contributed by atoms with Gasteiger partial charge in [0.2, 0.25) is 11.8 Å². The van der Waals surface area contributed by atoms with Crippen LogP contribution in [0, 0.1) is 0 Å². The highest BCUT2D eigenvalue weighted by atomic mass is 19.4. The number of fused-ring (bicyclic) bond motifs is 1. The molecule has 2 aromatic heterocycles. The van der Waals surface area contributed by atoms with Crippen LogP contribution in [-0.4, -0.2) is 58.5 Å². The summed E-state index contributed by atoms with van der Waals surface area (Å²) in [6.45, 7) is 3.71. The summed E-state index contributed by atoms with van der Waals surface area (Å²) in [5, 5.41) is 12.0. The van der Waals surface area contributed by atoms with Crippen LogP contribution in [0.3, 0.4) is 0 Å². The molecule has 0 saturated heterocycles. The van der Waals surface area contributed by atoms with Gasteiger partial charge in [0, 0.05) is 24.9 Å². The lowest BCUT2D eigenvalue weighted by Gasteiger charge is -2.39. The number of carboxylic acid groups (broad SMARTS) is 1. The Morgan fingerprint density at radius 3 is 2.31 bits per heavy atom. The van der Waals surface area contributed by atoms with E-state index in [4.69, 9.17) is 19.3 Å². The lowest BCUT2D eigenvalue weighted by Crippen LogP contribution is -2.46. The molecular weight excluding hydrogens is 664 g/mol. The monoisotopic (exact) mass is 699 g/mol. The first-order valence-electron chi connectivity index (χ1n) is 15.4. The van der Waals surface area contributed by atoms with Crippen LogP contribution in [0.15, 0.2) is 36.5 Å². The van der Waals surface area contributed by atoms with Crippen LogP contribution in [0.25, 0.3) is 0 Å². The van der Waals surface area contributed by atoms with E-state index in [1.165, 1.54) is 18.2 Å². The summed E-state index contributed by atoms with van der Waals surface area (Å²) in [6, 6.07) is 3.56. The maximum absolute atomic E-state index is 13.6. The number of nitrogens with one attached hydrogen (secondary N) is 1. The van der Waals surface area contributed by atoms with Gasteiger partial charge in [0.15, 0.2) is 5.75 Å². The number of hydrogen-bond donors (Lipinski definition) is 2. The van der Waals surface area contributed by atoms with Gasteiger partial charge in [-0.1, -0.05) is 6.92 Å². The molecule has 3 aromatic rings. The smallest absolute Gasteiger partial charge is 0.416 e. The minimum Gasteiger partial charge on any atom is -0.490 e. The van der Waals surface area contributed by atoms with E-state index in [2.05, 4.69) is 20.3 Å². The zero-order chi connectivity index (χ0) is 35.9. The summed E-state index contributed by atoms with van der Waals surface area (Å²) in [5.41, 5.74) is -2.45. The Labute approximate surface area is 277 Å². The van der Waals surface area contributed by atoms with Gasteiger partial charge in [-0.3, -0.25) is 9.69 Å². The maximum Gasteiger partial charge on any atom is 0.416 e. The molecule has 266 valence electrons. The maximum atomic E-state index is 13.6. The third-order valence-corrected chi connectivity index (χ3v) is 7.68. The van der Waals surface area contributed by atoms with Crippen molar-refractivity contribution in [2.45, 2.75) is 76.8 Å². The number of carbonyl (C=O) groups is 2. The molecule has 1 aliphatic rings. The Kier molecular flexibility index (Phi) is 11.8. The highest BCUT2D eigenvalue weighted by Crippen LogP contribution is 2.41. The van der Waals surface area contributed by atoms with Crippen LogP contribution in [-0.2, 0) is 28.3 Å². The highest BCUT2D eigenvalue weighted by Gasteiger charge is 2.39. The van der Waals surface area contributed by atoms with Crippen molar-refractivity contribution in [3.63, 3.8) is 0 Å². The van der Waals surface area contributed by atoms with Crippen LogP contribution in [0.4, 0.5) is 42.8 Å². The lowest BCUT2D eigenvalue weighted by molar-refractivity contribution is -0.143. The van der Waals surface area contributed by atoms with Crippen LogP contribution in [0.5, 0.6) is 11.6 Å². The normalized spacial score (nSPS) is 16.1. The SMILES string of the molecule is CCOC(=O)N1c2ccc(OC)nc2[C@@H](Nc2ncc(OCCCCC(=O)O)c(Cc3cc(C(F)(F)F)cc(C(F)(F)F)c3)n2)C[C@H]1CC. The number of ether oxygens (including phenoxy) is 3. The molecule has 1 aromatic carbocycles. The van der Waals surface area contributed by atoms with E-state index in [0.717, 1.165) is 0 Å². The first kappa shape index (κ1) is 37.0. The summed E-state index contributed by atoms with van der Waals surface area (Å²) in [5.74, 6) is -0.786. The predicted octanol–water partition coefficient (Wildman–Crippen LogP) is 7.44. The number of anilines is 2. The molecular formula is C32H35F6N5O6. The molecule has 0 aliphatic carbocycles. The number of halogens is 6. The van der Waals surface area contributed by atoms with Gasteiger partial charge in [0.05, 0.1) is 60.8 Å². The van der Waals surface area contributed by atoms with E-state index in [1.807, 2.05) is 6.92 Å². The molecule has 0 unspecified atom stereocenters. The minimum atomic E-state index is -5.05. The second kappa shape index (κ2) is 15.6. The van der Waals surface area contributed by atoms with Gasteiger partial charge in [0.25, 0.3) is 0 Å². The molecule has 0 radical (unpaired) electrons. The second-order valence-electron chi connectivity index (χ2n) is 11.1. The molecule has 49 heavy (non-hydrogen) atoms. The summed E-state index contributed by atoms with van der Waals surface area (Å²) in [4.78, 5) is 38.6. The largest absolute Gasteiger partial charge is 0.490 e. The van der Waals surface area contributed by atoms with E-state index in [0.29, 0.717) is 42.8 Å². The van der Waals surface area contributed by atoms with Crippen LogP contribution in [0.1, 0.15) is 80.1 Å². The number of nitrogens with zero attached hydrogens (tertiary/aromatic N) is 4. The Balaban J connectivity index is 1.73. The van der Waals surface area contributed by atoms with Gasteiger partial charge in [-0.2, -0.15) is 26.3 Å². The van der Waals surface area contributed by atoms with Gasteiger partial charge in [-0.25, -0.2) is 19.7 Å². The third-order valence-electron chi connectivity index (χ3n) is 7.68. The number of carboxylic acids is 1. The molecule has 4 rings (SSSR count). The van der Waals surface area contributed by atoms with Crippen molar-refractivity contribution in [2.24, 2.45) is 0 Å². The molecule has 17 heteroatoms. The van der Waals surface area contributed by atoms with Gasteiger partial charge >= 0.3 is 24.4 Å². The van der Waals surface area contributed by atoms with E-state index >= 15 is 0 Å². The lowest BCUT2D eigenvalue weighted by atomic mass is 9.93. The number of rotatable bonds is 13.